The maximum absolute atomic E-state index is 13.9. The van der Waals surface area contributed by atoms with E-state index < -0.39 is 5.82 Å². The molecular weight excluding hydrogens is 360 g/mol. The molecule has 0 unspecified atom stereocenters. The summed E-state index contributed by atoms with van der Waals surface area (Å²) in [6.07, 6.45) is 0. The van der Waals surface area contributed by atoms with Crippen LogP contribution in [-0.4, -0.2) is 16.1 Å². The topological polar surface area (TPSA) is 59.1 Å². The predicted molar refractivity (Wildman–Crippen MR) is 97.1 cm³/mol. The molecule has 0 atom stereocenters. The number of hydrazine groups is 1. The quantitative estimate of drug-likeness (QED) is 0.542. The number of nitrogens with zero attached hydrogens (tertiary/aromatic N) is 3. The molecule has 0 saturated carbocycles. The zero-order valence-corrected chi connectivity index (χ0v) is 14.5. The Balaban J connectivity index is 1.88. The van der Waals surface area contributed by atoms with Gasteiger partial charge in [-0.2, -0.15) is 0 Å². The van der Waals surface area contributed by atoms with Gasteiger partial charge in [0.1, 0.15) is 23.2 Å². The number of fused-ring (bicyclic) bond motifs is 1. The van der Waals surface area contributed by atoms with Crippen molar-refractivity contribution < 1.29 is 8.78 Å². The normalized spacial score (nSPS) is 13.5. The van der Waals surface area contributed by atoms with Gasteiger partial charge in [0.15, 0.2) is 5.82 Å². The van der Waals surface area contributed by atoms with Crippen LogP contribution in [0.3, 0.4) is 0 Å². The number of anilines is 2. The number of imidazole rings is 1. The smallest absolute Gasteiger partial charge is 0.156 e. The third-order valence-electron chi connectivity index (χ3n) is 4.32. The minimum Gasteiger partial charge on any atom is -0.311 e. The lowest BCUT2D eigenvalue weighted by atomic mass is 10.1. The van der Waals surface area contributed by atoms with Crippen LogP contribution in [0.1, 0.15) is 5.82 Å². The minimum atomic E-state index is -0.563. The second kappa shape index (κ2) is 6.68. The van der Waals surface area contributed by atoms with Gasteiger partial charge >= 0.3 is 0 Å². The van der Waals surface area contributed by atoms with E-state index in [1.807, 2.05) is 4.57 Å². The highest BCUT2D eigenvalue weighted by Gasteiger charge is 2.25. The van der Waals surface area contributed by atoms with Gasteiger partial charge in [0.05, 0.1) is 17.3 Å². The Hall–Kier alpha value is -2.48. The average Bonchev–Trinajstić information content (AvgIpc) is 3.03. The zero-order chi connectivity index (χ0) is 18.3. The number of rotatable bonds is 3. The van der Waals surface area contributed by atoms with Gasteiger partial charge in [-0.1, -0.05) is 23.7 Å². The van der Waals surface area contributed by atoms with Crippen LogP contribution in [-0.2, 0) is 13.1 Å². The molecule has 0 radical (unpaired) electrons. The summed E-state index contributed by atoms with van der Waals surface area (Å²) in [6, 6.07) is 10.5. The van der Waals surface area contributed by atoms with Crippen molar-refractivity contribution in [3.63, 3.8) is 0 Å². The maximum atomic E-state index is 13.9. The summed E-state index contributed by atoms with van der Waals surface area (Å²) in [7, 11) is 0. The molecule has 0 spiro atoms. The molecule has 26 heavy (non-hydrogen) atoms. The van der Waals surface area contributed by atoms with Gasteiger partial charge in [0.25, 0.3) is 0 Å². The molecule has 3 aromatic rings. The molecule has 0 bridgehead atoms. The molecule has 5 nitrogen and oxygen atoms in total. The van der Waals surface area contributed by atoms with Crippen LogP contribution in [0.2, 0.25) is 5.02 Å². The van der Waals surface area contributed by atoms with E-state index in [-0.39, 0.29) is 10.8 Å². The Morgan fingerprint density at radius 2 is 2.04 bits per heavy atom. The number of halogens is 3. The molecule has 1 aliphatic rings. The number of aromatic nitrogens is 2. The molecule has 1 aliphatic heterocycles. The highest BCUT2D eigenvalue weighted by Crippen LogP contribution is 2.35. The Labute approximate surface area is 154 Å². The summed E-state index contributed by atoms with van der Waals surface area (Å²) in [4.78, 5) is 4.64. The van der Waals surface area contributed by atoms with Crippen molar-refractivity contribution in [1.29, 1.82) is 0 Å². The van der Waals surface area contributed by atoms with Crippen LogP contribution in [0.25, 0.3) is 11.3 Å². The van der Waals surface area contributed by atoms with Crippen molar-refractivity contribution in [2.75, 3.05) is 11.6 Å². The van der Waals surface area contributed by atoms with Gasteiger partial charge in [0, 0.05) is 24.7 Å². The lowest BCUT2D eigenvalue weighted by molar-refractivity contribution is 0.505. The summed E-state index contributed by atoms with van der Waals surface area (Å²) >= 11 is 5.77. The third kappa shape index (κ3) is 2.94. The number of nitrogens with two attached hydrogens (primary N) is 1. The molecule has 0 fully saturated rings. The predicted octanol–water partition coefficient (Wildman–Crippen LogP) is 3.60. The number of hydrogen-bond donors (Lipinski definition) is 2. The Morgan fingerprint density at radius 3 is 2.81 bits per heavy atom. The third-order valence-corrected chi connectivity index (χ3v) is 4.63. The highest BCUT2D eigenvalue weighted by molar-refractivity contribution is 6.30. The average molecular weight is 376 g/mol. The van der Waals surface area contributed by atoms with E-state index in [1.165, 1.54) is 29.3 Å². The SMILES string of the molecule is NN(c1ccc(Cl)c(F)c1)c1c(-c2cccc(F)c2)nc2n1CCNC2. The van der Waals surface area contributed by atoms with Crippen LogP contribution in [0.4, 0.5) is 20.3 Å². The lowest BCUT2D eigenvalue weighted by Crippen LogP contribution is -2.33. The molecule has 0 saturated heterocycles. The van der Waals surface area contributed by atoms with Gasteiger partial charge in [-0.15, -0.1) is 0 Å². The van der Waals surface area contributed by atoms with E-state index in [1.54, 1.807) is 18.2 Å². The molecule has 4 rings (SSSR count). The van der Waals surface area contributed by atoms with Gasteiger partial charge in [-0.05, 0) is 24.3 Å². The second-order valence-electron chi connectivity index (χ2n) is 6.01. The Morgan fingerprint density at radius 1 is 1.19 bits per heavy atom. The summed E-state index contributed by atoms with van der Waals surface area (Å²) in [5.74, 6) is 6.77. The molecule has 2 aromatic carbocycles. The number of hydrogen-bond acceptors (Lipinski definition) is 4. The Bertz CT molecular complexity index is 972. The number of benzene rings is 2. The van der Waals surface area contributed by atoms with Gasteiger partial charge in [-0.25, -0.2) is 19.6 Å². The van der Waals surface area contributed by atoms with Crippen LogP contribution in [0.15, 0.2) is 42.5 Å². The van der Waals surface area contributed by atoms with Gasteiger partial charge < -0.3 is 9.88 Å². The zero-order valence-electron chi connectivity index (χ0n) is 13.7. The fourth-order valence-corrected chi connectivity index (χ4v) is 3.20. The van der Waals surface area contributed by atoms with Gasteiger partial charge in [-0.3, -0.25) is 5.01 Å². The van der Waals surface area contributed by atoms with E-state index in [4.69, 9.17) is 17.4 Å². The van der Waals surface area contributed by atoms with Crippen molar-refractivity contribution in [2.24, 2.45) is 5.84 Å². The van der Waals surface area contributed by atoms with Crippen molar-refractivity contribution in [3.05, 3.63) is 64.9 Å². The van der Waals surface area contributed by atoms with E-state index in [0.717, 1.165) is 12.4 Å². The van der Waals surface area contributed by atoms with Crippen molar-refractivity contribution in [2.45, 2.75) is 13.1 Å². The fraction of sp³-hybridized carbons (Fsp3) is 0.167. The maximum Gasteiger partial charge on any atom is 0.156 e. The summed E-state index contributed by atoms with van der Waals surface area (Å²) < 4.78 is 29.6. The van der Waals surface area contributed by atoms with Crippen LogP contribution in [0.5, 0.6) is 0 Å². The first-order valence-electron chi connectivity index (χ1n) is 8.10. The molecule has 2 heterocycles. The molecular formula is C18H16ClF2N5. The molecule has 1 aromatic heterocycles. The van der Waals surface area contributed by atoms with Crippen LogP contribution < -0.4 is 16.2 Å². The van der Waals surface area contributed by atoms with Crippen molar-refractivity contribution in [1.82, 2.24) is 14.9 Å². The van der Waals surface area contributed by atoms with E-state index >= 15 is 0 Å². The number of nitrogens with one attached hydrogen (secondary N) is 1. The summed E-state index contributed by atoms with van der Waals surface area (Å²) in [6.45, 7) is 1.98. The second-order valence-corrected chi connectivity index (χ2v) is 6.41. The summed E-state index contributed by atoms with van der Waals surface area (Å²) in [5.41, 5.74) is 1.57. The van der Waals surface area contributed by atoms with Crippen molar-refractivity contribution in [3.8, 4) is 11.3 Å². The summed E-state index contributed by atoms with van der Waals surface area (Å²) in [5, 5.41) is 4.63. The molecule has 0 aliphatic carbocycles. The first-order valence-corrected chi connectivity index (χ1v) is 8.48. The van der Waals surface area contributed by atoms with Crippen molar-refractivity contribution >= 4 is 23.1 Å². The molecule has 134 valence electrons. The van der Waals surface area contributed by atoms with E-state index in [0.29, 0.717) is 35.9 Å². The van der Waals surface area contributed by atoms with Crippen LogP contribution in [0, 0.1) is 11.6 Å². The minimum absolute atomic E-state index is 0.0204. The molecule has 8 heteroatoms. The van der Waals surface area contributed by atoms with E-state index in [9.17, 15) is 8.78 Å². The first-order chi connectivity index (χ1) is 12.5. The highest BCUT2D eigenvalue weighted by atomic mass is 35.5. The van der Waals surface area contributed by atoms with Gasteiger partial charge in [0.2, 0.25) is 0 Å². The van der Waals surface area contributed by atoms with Crippen LogP contribution >= 0.6 is 11.6 Å². The first kappa shape index (κ1) is 17.0. The largest absolute Gasteiger partial charge is 0.311 e. The monoisotopic (exact) mass is 375 g/mol. The Kier molecular flexibility index (Phi) is 4.36. The molecule has 3 N–H and O–H groups in total. The standard InChI is InChI=1S/C18H16ClF2N5/c19-14-5-4-13(9-15(14)21)26(22)18-17(11-2-1-3-12(20)8-11)24-16-10-23-6-7-25(16)18/h1-5,8-9,23H,6-7,10,22H2. The fourth-order valence-electron chi connectivity index (χ4n) is 3.08. The molecule has 0 amide bonds. The van der Waals surface area contributed by atoms with E-state index in [2.05, 4.69) is 10.3 Å². The lowest BCUT2D eigenvalue weighted by Gasteiger charge is -2.24.